The van der Waals surface area contributed by atoms with E-state index in [0.717, 1.165) is 35.9 Å². The summed E-state index contributed by atoms with van der Waals surface area (Å²) in [6.45, 7) is 12.2. The first-order chi connectivity index (χ1) is 12.3. The van der Waals surface area contributed by atoms with Crippen LogP contribution in [0.3, 0.4) is 0 Å². The van der Waals surface area contributed by atoms with Crippen molar-refractivity contribution in [3.63, 3.8) is 0 Å². The molecule has 0 saturated heterocycles. The molecule has 0 amide bonds. The average Bonchev–Trinajstić information content (AvgIpc) is 2.55. The van der Waals surface area contributed by atoms with Crippen LogP contribution in [0.4, 0.5) is 13.2 Å². The molecule has 2 nitrogen and oxygen atoms in total. The molecule has 27 heavy (non-hydrogen) atoms. The van der Waals surface area contributed by atoms with Crippen LogP contribution in [-0.4, -0.2) is 21.5 Å². The first-order valence-electron chi connectivity index (χ1n) is 9.11. The maximum Gasteiger partial charge on any atom is 0.416 e. The van der Waals surface area contributed by atoms with Crippen molar-refractivity contribution in [3.8, 4) is 5.75 Å². The second-order valence-electron chi connectivity index (χ2n) is 8.07. The molecule has 1 aromatic rings. The van der Waals surface area contributed by atoms with E-state index in [1.165, 1.54) is 12.1 Å². The van der Waals surface area contributed by atoms with Crippen molar-refractivity contribution in [2.24, 2.45) is 0 Å². The van der Waals surface area contributed by atoms with E-state index in [-0.39, 0.29) is 5.04 Å². The Bertz CT molecular complexity index is 605. The molecule has 0 saturated carbocycles. The van der Waals surface area contributed by atoms with Crippen molar-refractivity contribution in [3.05, 3.63) is 40.4 Å². The minimum absolute atomic E-state index is 0.190. The summed E-state index contributed by atoms with van der Waals surface area (Å²) in [6, 6.07) is 4.80. The highest BCUT2D eigenvalue weighted by Crippen LogP contribution is 2.37. The Morgan fingerprint density at radius 2 is 1.67 bits per heavy atom. The van der Waals surface area contributed by atoms with Crippen LogP contribution in [0.25, 0.3) is 0 Å². The van der Waals surface area contributed by atoms with Crippen molar-refractivity contribution in [2.75, 3.05) is 13.2 Å². The molecule has 154 valence electrons. The van der Waals surface area contributed by atoms with Gasteiger partial charge in [-0.05, 0) is 61.7 Å². The first kappa shape index (κ1) is 24.2. The Morgan fingerprint density at radius 3 is 2.19 bits per heavy atom. The van der Waals surface area contributed by atoms with Gasteiger partial charge >= 0.3 is 6.18 Å². The SMILES string of the molecule is CC(C)(C)[Si](C)(C)OC/C(Br)=C\CCCCOc1ccc(C(F)(F)F)cc1. The molecule has 0 spiro atoms. The monoisotopic (exact) mass is 466 g/mol. The van der Waals surface area contributed by atoms with Gasteiger partial charge in [0.2, 0.25) is 0 Å². The fourth-order valence-electron chi connectivity index (χ4n) is 1.96. The molecule has 0 radical (unpaired) electrons. The number of rotatable bonds is 9. The summed E-state index contributed by atoms with van der Waals surface area (Å²) in [5.74, 6) is 0.461. The number of hydrogen-bond donors (Lipinski definition) is 0. The normalized spacial score (nSPS) is 13.7. The molecule has 1 rings (SSSR count). The Labute approximate surface area is 170 Å². The Hall–Kier alpha value is -0.793. The van der Waals surface area contributed by atoms with E-state index in [4.69, 9.17) is 9.16 Å². The van der Waals surface area contributed by atoms with E-state index in [1.807, 2.05) is 0 Å². The van der Waals surface area contributed by atoms with Gasteiger partial charge in [0.15, 0.2) is 8.32 Å². The summed E-state index contributed by atoms with van der Waals surface area (Å²) >= 11 is 3.56. The van der Waals surface area contributed by atoms with Gasteiger partial charge in [-0.2, -0.15) is 13.2 Å². The Morgan fingerprint density at radius 1 is 1.07 bits per heavy atom. The summed E-state index contributed by atoms with van der Waals surface area (Å²) in [6.07, 6.45) is 0.479. The zero-order chi connectivity index (χ0) is 20.7. The lowest BCUT2D eigenvalue weighted by Gasteiger charge is -2.36. The maximum absolute atomic E-state index is 12.5. The van der Waals surface area contributed by atoms with Crippen LogP contribution in [0, 0.1) is 0 Å². The molecule has 0 bridgehead atoms. The molecule has 0 atom stereocenters. The standard InChI is InChI=1S/C20H30BrF3O2Si/c1-19(2,3)27(4,5)26-15-17(21)9-7-6-8-14-25-18-12-10-16(11-13-18)20(22,23)24/h9-13H,6-8,14-15H2,1-5H3/b17-9+. The fourth-order valence-corrected chi connectivity index (χ4v) is 3.46. The maximum atomic E-state index is 12.5. The molecule has 0 N–H and O–H groups in total. The van der Waals surface area contributed by atoms with Crippen molar-refractivity contribution in [1.29, 1.82) is 0 Å². The van der Waals surface area contributed by atoms with Gasteiger partial charge in [0.1, 0.15) is 5.75 Å². The van der Waals surface area contributed by atoms with Crippen molar-refractivity contribution in [2.45, 2.75) is 64.3 Å². The minimum atomic E-state index is -4.31. The summed E-state index contributed by atoms with van der Waals surface area (Å²) in [5, 5.41) is 0.190. The van der Waals surface area contributed by atoms with E-state index < -0.39 is 20.1 Å². The van der Waals surface area contributed by atoms with Crippen LogP contribution in [0.2, 0.25) is 18.1 Å². The highest BCUT2D eigenvalue weighted by molar-refractivity contribution is 9.11. The molecular weight excluding hydrogens is 437 g/mol. The average molecular weight is 467 g/mol. The zero-order valence-corrected chi connectivity index (χ0v) is 19.3. The van der Waals surface area contributed by atoms with Crippen LogP contribution in [-0.2, 0) is 10.6 Å². The molecule has 7 heteroatoms. The molecule has 1 aromatic carbocycles. The first-order valence-corrected chi connectivity index (χ1v) is 12.8. The third kappa shape index (κ3) is 8.83. The smallest absolute Gasteiger partial charge is 0.416 e. The summed E-state index contributed by atoms with van der Waals surface area (Å²) in [5.41, 5.74) is -0.662. The summed E-state index contributed by atoms with van der Waals surface area (Å²) < 4.78 is 50.2. The van der Waals surface area contributed by atoms with Gasteiger partial charge in [0.05, 0.1) is 18.8 Å². The van der Waals surface area contributed by atoms with Crippen LogP contribution in [0.1, 0.15) is 45.6 Å². The van der Waals surface area contributed by atoms with E-state index >= 15 is 0 Å². The highest BCUT2D eigenvalue weighted by Gasteiger charge is 2.37. The largest absolute Gasteiger partial charge is 0.494 e. The number of hydrogen-bond acceptors (Lipinski definition) is 2. The van der Waals surface area contributed by atoms with Crippen LogP contribution >= 0.6 is 15.9 Å². The van der Waals surface area contributed by atoms with Crippen LogP contribution < -0.4 is 4.74 Å². The number of benzene rings is 1. The predicted octanol–water partition coefficient (Wildman–Crippen LogP) is 7.56. The molecule has 0 aliphatic carbocycles. The van der Waals surface area contributed by atoms with Crippen LogP contribution in [0.15, 0.2) is 34.8 Å². The molecule has 0 heterocycles. The van der Waals surface area contributed by atoms with Gasteiger partial charge in [0.25, 0.3) is 0 Å². The summed E-state index contributed by atoms with van der Waals surface area (Å²) in [4.78, 5) is 0. The number of unbranched alkanes of at least 4 members (excludes halogenated alkanes) is 2. The molecular formula is C20H30BrF3O2Si. The highest BCUT2D eigenvalue weighted by atomic mass is 79.9. The van der Waals surface area contributed by atoms with Crippen molar-refractivity contribution >= 4 is 24.2 Å². The molecule has 0 fully saturated rings. The number of alkyl halides is 3. The third-order valence-corrected chi connectivity index (χ3v) is 9.82. The Kier molecular flexibility index (Phi) is 9.09. The number of ether oxygens (including phenoxy) is 1. The lowest BCUT2D eigenvalue weighted by atomic mass is 10.2. The molecule has 0 aliphatic rings. The van der Waals surface area contributed by atoms with E-state index in [0.29, 0.717) is 19.0 Å². The number of halogens is 4. The lowest BCUT2D eigenvalue weighted by molar-refractivity contribution is -0.137. The topological polar surface area (TPSA) is 18.5 Å². The second kappa shape index (κ2) is 10.1. The molecule has 0 aromatic heterocycles. The lowest BCUT2D eigenvalue weighted by Crippen LogP contribution is -2.41. The second-order valence-corrected chi connectivity index (χ2v) is 13.9. The van der Waals surface area contributed by atoms with E-state index in [9.17, 15) is 13.2 Å². The van der Waals surface area contributed by atoms with E-state index in [2.05, 4.69) is 55.9 Å². The minimum Gasteiger partial charge on any atom is -0.494 e. The Balaban J connectivity index is 2.25. The quantitative estimate of drug-likeness (QED) is 0.276. The van der Waals surface area contributed by atoms with Gasteiger partial charge in [-0.3, -0.25) is 0 Å². The van der Waals surface area contributed by atoms with E-state index in [1.54, 1.807) is 0 Å². The third-order valence-electron chi connectivity index (χ3n) is 4.79. The fraction of sp³-hybridized carbons (Fsp3) is 0.600. The van der Waals surface area contributed by atoms with Gasteiger partial charge in [-0.1, -0.05) is 42.8 Å². The molecule has 0 unspecified atom stereocenters. The van der Waals surface area contributed by atoms with Crippen LogP contribution in [0.5, 0.6) is 5.75 Å². The van der Waals surface area contributed by atoms with Gasteiger partial charge in [0, 0.05) is 4.48 Å². The van der Waals surface area contributed by atoms with Crippen molar-refractivity contribution in [1.82, 2.24) is 0 Å². The summed E-state index contributed by atoms with van der Waals surface area (Å²) in [7, 11) is -1.74. The van der Waals surface area contributed by atoms with Gasteiger partial charge < -0.3 is 9.16 Å². The van der Waals surface area contributed by atoms with Crippen molar-refractivity contribution < 1.29 is 22.3 Å². The predicted molar refractivity (Wildman–Crippen MR) is 111 cm³/mol. The molecule has 0 aliphatic heterocycles. The number of allylic oxidation sites excluding steroid dienone is 1. The van der Waals surface area contributed by atoms with Gasteiger partial charge in [-0.15, -0.1) is 0 Å². The zero-order valence-electron chi connectivity index (χ0n) is 16.8. The van der Waals surface area contributed by atoms with Gasteiger partial charge in [-0.25, -0.2) is 0 Å².